The maximum atomic E-state index is 9.47. The van der Waals surface area contributed by atoms with E-state index in [-0.39, 0.29) is 17.4 Å². The summed E-state index contributed by atoms with van der Waals surface area (Å²) < 4.78 is 0. The summed E-state index contributed by atoms with van der Waals surface area (Å²) in [6, 6.07) is 12.7. The molecule has 0 bridgehead atoms. The fourth-order valence-electron chi connectivity index (χ4n) is 1.81. The van der Waals surface area contributed by atoms with Crippen LogP contribution in [0.25, 0.3) is 0 Å². The Balaban J connectivity index is 2.41. The van der Waals surface area contributed by atoms with Crippen LogP contribution >= 0.6 is 0 Å². The van der Waals surface area contributed by atoms with Gasteiger partial charge in [-0.2, -0.15) is 0 Å². The van der Waals surface area contributed by atoms with Crippen molar-refractivity contribution in [2.45, 2.75) is 12.8 Å². The van der Waals surface area contributed by atoms with Gasteiger partial charge < -0.3 is 15.3 Å². The number of phenols is 3. The Morgan fingerprint density at radius 2 is 1.35 bits per heavy atom. The molecule has 0 radical (unpaired) electrons. The van der Waals surface area contributed by atoms with Crippen molar-refractivity contribution in [3.8, 4) is 17.2 Å². The number of phenolic OH excluding ortho intramolecular Hbond substituents is 3. The van der Waals surface area contributed by atoms with E-state index in [4.69, 9.17) is 0 Å². The van der Waals surface area contributed by atoms with Crippen LogP contribution in [0.4, 0.5) is 0 Å². The molecule has 1 unspecified atom stereocenters. The third-order valence-corrected chi connectivity index (χ3v) is 2.89. The lowest BCUT2D eigenvalue weighted by atomic mass is 9.93. The Kier molecular flexibility index (Phi) is 2.91. The molecule has 88 valence electrons. The number of aromatic hydroxyl groups is 3. The van der Waals surface area contributed by atoms with Crippen LogP contribution in [0.3, 0.4) is 0 Å². The van der Waals surface area contributed by atoms with Crippen molar-refractivity contribution in [2.24, 2.45) is 0 Å². The van der Waals surface area contributed by atoms with Gasteiger partial charge in [0, 0.05) is 5.92 Å². The summed E-state index contributed by atoms with van der Waals surface area (Å²) in [7, 11) is 0. The first-order valence-corrected chi connectivity index (χ1v) is 5.39. The smallest absolute Gasteiger partial charge is 0.200 e. The zero-order valence-corrected chi connectivity index (χ0v) is 9.46. The fraction of sp³-hybridized carbons (Fsp3) is 0.143. The Labute approximate surface area is 99.6 Å². The van der Waals surface area contributed by atoms with E-state index in [0.29, 0.717) is 0 Å². The van der Waals surface area contributed by atoms with Gasteiger partial charge in [-0.05, 0) is 23.3 Å². The van der Waals surface area contributed by atoms with Gasteiger partial charge >= 0.3 is 0 Å². The van der Waals surface area contributed by atoms with Gasteiger partial charge in [0.15, 0.2) is 17.2 Å². The van der Waals surface area contributed by atoms with E-state index >= 15 is 0 Å². The van der Waals surface area contributed by atoms with Crippen molar-refractivity contribution in [1.82, 2.24) is 0 Å². The topological polar surface area (TPSA) is 60.7 Å². The van der Waals surface area contributed by atoms with Gasteiger partial charge in [-0.25, -0.2) is 0 Å². The first-order valence-electron chi connectivity index (χ1n) is 5.39. The molecule has 17 heavy (non-hydrogen) atoms. The summed E-state index contributed by atoms with van der Waals surface area (Å²) >= 11 is 0. The predicted molar refractivity (Wildman–Crippen MR) is 65.4 cm³/mol. The van der Waals surface area contributed by atoms with Crippen molar-refractivity contribution in [3.63, 3.8) is 0 Å². The lowest BCUT2D eigenvalue weighted by Crippen LogP contribution is -1.95. The Hall–Kier alpha value is -2.16. The molecule has 0 aliphatic heterocycles. The molecule has 2 aromatic rings. The molecular weight excluding hydrogens is 216 g/mol. The summed E-state index contributed by atoms with van der Waals surface area (Å²) in [5.41, 5.74) is 1.83. The van der Waals surface area contributed by atoms with Crippen LogP contribution < -0.4 is 0 Å². The second-order valence-electron chi connectivity index (χ2n) is 4.04. The second kappa shape index (κ2) is 4.37. The van der Waals surface area contributed by atoms with E-state index in [1.807, 2.05) is 37.3 Å². The van der Waals surface area contributed by atoms with E-state index < -0.39 is 5.75 Å². The molecule has 3 heteroatoms. The van der Waals surface area contributed by atoms with Crippen LogP contribution in [0, 0.1) is 0 Å². The zero-order valence-electron chi connectivity index (χ0n) is 9.46. The van der Waals surface area contributed by atoms with Crippen LogP contribution in [0.5, 0.6) is 17.2 Å². The van der Waals surface area contributed by atoms with Gasteiger partial charge in [-0.3, -0.25) is 0 Å². The number of rotatable bonds is 2. The maximum absolute atomic E-state index is 9.47. The molecule has 0 amide bonds. The molecule has 2 rings (SSSR count). The minimum Gasteiger partial charge on any atom is -0.504 e. The molecule has 0 saturated heterocycles. The molecule has 0 saturated carbocycles. The quantitative estimate of drug-likeness (QED) is 0.695. The van der Waals surface area contributed by atoms with E-state index in [0.717, 1.165) is 11.1 Å². The molecule has 0 aliphatic carbocycles. The third-order valence-electron chi connectivity index (χ3n) is 2.89. The largest absolute Gasteiger partial charge is 0.504 e. The van der Waals surface area contributed by atoms with Gasteiger partial charge in [0.1, 0.15) is 0 Å². The highest BCUT2D eigenvalue weighted by Gasteiger charge is 2.13. The first-order chi connectivity index (χ1) is 8.09. The average molecular weight is 230 g/mol. The summed E-state index contributed by atoms with van der Waals surface area (Å²) in [6.45, 7) is 1.97. The van der Waals surface area contributed by atoms with Gasteiger partial charge in [0.2, 0.25) is 0 Å². The number of hydrogen-bond acceptors (Lipinski definition) is 3. The van der Waals surface area contributed by atoms with Crippen molar-refractivity contribution >= 4 is 0 Å². The number of benzene rings is 2. The lowest BCUT2D eigenvalue weighted by Gasteiger charge is -2.13. The Bertz CT molecular complexity index is 497. The molecule has 3 N–H and O–H groups in total. The van der Waals surface area contributed by atoms with Gasteiger partial charge in [0.25, 0.3) is 0 Å². The van der Waals surface area contributed by atoms with Crippen LogP contribution in [0.2, 0.25) is 0 Å². The zero-order chi connectivity index (χ0) is 12.4. The minimum absolute atomic E-state index is 0.0357. The Morgan fingerprint density at radius 3 is 1.88 bits per heavy atom. The SMILES string of the molecule is CC(c1ccccc1)c1cc(O)c(O)c(O)c1. The lowest BCUT2D eigenvalue weighted by molar-refractivity contribution is 0.367. The molecule has 0 fully saturated rings. The van der Waals surface area contributed by atoms with E-state index in [1.54, 1.807) is 0 Å². The summed E-state index contributed by atoms with van der Waals surface area (Å²) in [5.74, 6) is -1.05. The molecule has 3 nitrogen and oxygen atoms in total. The maximum Gasteiger partial charge on any atom is 0.200 e. The highest BCUT2D eigenvalue weighted by molar-refractivity contribution is 5.52. The van der Waals surface area contributed by atoms with Crippen molar-refractivity contribution in [1.29, 1.82) is 0 Å². The van der Waals surface area contributed by atoms with Crippen LogP contribution in [-0.2, 0) is 0 Å². The standard InChI is InChI=1S/C14H14O3/c1-9(10-5-3-2-4-6-10)11-7-12(15)14(17)13(16)8-11/h2-9,15-17H,1H3. The van der Waals surface area contributed by atoms with E-state index in [2.05, 4.69) is 0 Å². The van der Waals surface area contributed by atoms with E-state index in [9.17, 15) is 15.3 Å². The first kappa shape index (κ1) is 11.3. The fourth-order valence-corrected chi connectivity index (χ4v) is 1.81. The minimum atomic E-state index is -0.478. The van der Waals surface area contributed by atoms with Crippen LogP contribution in [-0.4, -0.2) is 15.3 Å². The molecular formula is C14H14O3. The molecule has 0 spiro atoms. The van der Waals surface area contributed by atoms with Crippen molar-refractivity contribution < 1.29 is 15.3 Å². The van der Waals surface area contributed by atoms with Crippen LogP contribution in [0.1, 0.15) is 24.0 Å². The molecule has 0 aromatic heterocycles. The van der Waals surface area contributed by atoms with Gasteiger partial charge in [0.05, 0.1) is 0 Å². The van der Waals surface area contributed by atoms with Crippen molar-refractivity contribution in [3.05, 3.63) is 53.6 Å². The Morgan fingerprint density at radius 1 is 0.824 bits per heavy atom. The van der Waals surface area contributed by atoms with Crippen LogP contribution in [0.15, 0.2) is 42.5 Å². The highest BCUT2D eigenvalue weighted by Crippen LogP contribution is 2.38. The number of hydrogen-bond donors (Lipinski definition) is 3. The monoisotopic (exact) mass is 230 g/mol. The summed E-state index contributed by atoms with van der Waals surface area (Å²) in [5, 5.41) is 28.2. The van der Waals surface area contributed by atoms with E-state index in [1.165, 1.54) is 12.1 Å². The third kappa shape index (κ3) is 2.18. The molecule has 2 aromatic carbocycles. The molecule has 0 heterocycles. The normalized spacial score (nSPS) is 12.3. The highest BCUT2D eigenvalue weighted by atomic mass is 16.3. The molecule has 1 atom stereocenters. The summed E-state index contributed by atoms with van der Waals surface area (Å²) in [4.78, 5) is 0. The van der Waals surface area contributed by atoms with Gasteiger partial charge in [-0.15, -0.1) is 0 Å². The average Bonchev–Trinajstić information content (AvgIpc) is 2.35. The molecule has 0 aliphatic rings. The van der Waals surface area contributed by atoms with Gasteiger partial charge in [-0.1, -0.05) is 37.3 Å². The summed E-state index contributed by atoms with van der Waals surface area (Å²) in [6.07, 6.45) is 0. The predicted octanol–water partition coefficient (Wildman–Crippen LogP) is 2.96. The van der Waals surface area contributed by atoms with Crippen molar-refractivity contribution in [2.75, 3.05) is 0 Å². The second-order valence-corrected chi connectivity index (χ2v) is 4.04.